The molecule has 2 rings (SSSR count). The van der Waals surface area contributed by atoms with E-state index in [1.165, 1.54) is 12.1 Å². The Kier molecular flexibility index (Phi) is 6.36. The number of nitrogens with zero attached hydrogens (tertiary/aromatic N) is 4. The highest BCUT2D eigenvalue weighted by atomic mass is 19.1. The van der Waals surface area contributed by atoms with Gasteiger partial charge in [0, 0.05) is 59.4 Å². The zero-order valence-electron chi connectivity index (χ0n) is 15.4. The molecule has 0 bridgehead atoms. The summed E-state index contributed by atoms with van der Waals surface area (Å²) in [4.78, 5) is 32.0. The molecule has 25 heavy (non-hydrogen) atoms. The molecule has 0 radical (unpaired) electrons. The van der Waals surface area contributed by atoms with E-state index in [9.17, 15) is 14.0 Å². The molecule has 0 aromatic heterocycles. The molecule has 0 saturated carbocycles. The van der Waals surface area contributed by atoms with Crippen molar-refractivity contribution in [3.05, 3.63) is 30.1 Å². The quantitative estimate of drug-likeness (QED) is 0.791. The average molecular weight is 350 g/mol. The van der Waals surface area contributed by atoms with Crippen LogP contribution in [0.1, 0.15) is 6.42 Å². The van der Waals surface area contributed by atoms with E-state index in [2.05, 4.69) is 0 Å². The fourth-order valence-electron chi connectivity index (χ4n) is 2.91. The smallest absolute Gasteiger partial charge is 0.241 e. The molecule has 7 heteroatoms. The number of likely N-dealkylation sites (N-methyl/N-ethyl adjacent to an activating group) is 2. The Bertz CT molecular complexity index is 606. The molecule has 0 N–H and O–H groups in total. The summed E-state index contributed by atoms with van der Waals surface area (Å²) < 4.78 is 13.0. The normalized spacial score (nSPS) is 18.1. The number of hydrogen-bond acceptors (Lipinski definition) is 4. The zero-order chi connectivity index (χ0) is 18.6. The standard InChI is InChI=1S/C18H27FN4O2/c1-20(2)18(25)16-13-23(12-11-22(16)4)17(24)9-10-21(3)15-7-5-14(19)6-8-15/h5-8,16H,9-13H2,1-4H3/t16-/m1/s1. The van der Waals surface area contributed by atoms with Crippen LogP contribution in [-0.4, -0.2) is 86.9 Å². The minimum Gasteiger partial charge on any atom is -0.374 e. The number of piperazine rings is 1. The molecule has 6 nitrogen and oxygen atoms in total. The second kappa shape index (κ2) is 8.29. The molecule has 1 fully saturated rings. The Hall–Kier alpha value is -2.15. The number of hydrogen-bond donors (Lipinski definition) is 0. The van der Waals surface area contributed by atoms with Gasteiger partial charge in [-0.1, -0.05) is 0 Å². The van der Waals surface area contributed by atoms with Crippen molar-refractivity contribution >= 4 is 17.5 Å². The first-order valence-corrected chi connectivity index (χ1v) is 8.45. The van der Waals surface area contributed by atoms with E-state index >= 15 is 0 Å². The van der Waals surface area contributed by atoms with Crippen LogP contribution in [0.15, 0.2) is 24.3 Å². The molecule has 1 aromatic carbocycles. The maximum atomic E-state index is 13.0. The molecule has 0 unspecified atom stereocenters. The molecule has 1 aliphatic rings. The van der Waals surface area contributed by atoms with Gasteiger partial charge in [0.15, 0.2) is 0 Å². The highest BCUT2D eigenvalue weighted by Crippen LogP contribution is 2.15. The van der Waals surface area contributed by atoms with Crippen molar-refractivity contribution in [2.45, 2.75) is 12.5 Å². The lowest BCUT2D eigenvalue weighted by Gasteiger charge is -2.39. The fraction of sp³-hybridized carbons (Fsp3) is 0.556. The molecular weight excluding hydrogens is 323 g/mol. The molecule has 2 amide bonds. The number of carbonyl (C=O) groups excluding carboxylic acids is 2. The van der Waals surface area contributed by atoms with Crippen molar-refractivity contribution in [1.82, 2.24) is 14.7 Å². The first-order chi connectivity index (χ1) is 11.8. The van der Waals surface area contributed by atoms with Gasteiger partial charge in [-0.05, 0) is 31.3 Å². The van der Waals surface area contributed by atoms with Gasteiger partial charge >= 0.3 is 0 Å². The van der Waals surface area contributed by atoms with Gasteiger partial charge in [0.1, 0.15) is 11.9 Å². The highest BCUT2D eigenvalue weighted by molar-refractivity contribution is 5.83. The summed E-state index contributed by atoms with van der Waals surface area (Å²) in [5.41, 5.74) is 0.869. The molecule has 0 aliphatic carbocycles. The first-order valence-electron chi connectivity index (χ1n) is 8.45. The zero-order valence-corrected chi connectivity index (χ0v) is 15.4. The largest absolute Gasteiger partial charge is 0.374 e. The molecular formula is C18H27FN4O2. The summed E-state index contributed by atoms with van der Waals surface area (Å²) in [5, 5.41) is 0. The van der Waals surface area contributed by atoms with Gasteiger partial charge in [-0.15, -0.1) is 0 Å². The summed E-state index contributed by atoms with van der Waals surface area (Å²) in [7, 11) is 7.25. The summed E-state index contributed by atoms with van der Waals surface area (Å²) >= 11 is 0. The number of anilines is 1. The van der Waals surface area contributed by atoms with Crippen molar-refractivity contribution in [3.63, 3.8) is 0 Å². The SMILES string of the molecule is CN(C)C(=O)[C@H]1CN(C(=O)CCN(C)c2ccc(F)cc2)CCN1C. The molecule has 138 valence electrons. The first kappa shape index (κ1) is 19.2. The van der Waals surface area contributed by atoms with Crippen LogP contribution in [0.4, 0.5) is 10.1 Å². The number of carbonyl (C=O) groups is 2. The van der Waals surface area contributed by atoms with Crippen LogP contribution in [0.25, 0.3) is 0 Å². The minimum absolute atomic E-state index is 0.0171. The molecule has 1 aliphatic heterocycles. The number of halogens is 1. The van der Waals surface area contributed by atoms with E-state index in [1.54, 1.807) is 36.0 Å². The average Bonchev–Trinajstić information content (AvgIpc) is 2.59. The Morgan fingerprint density at radius 3 is 2.40 bits per heavy atom. The predicted octanol–water partition coefficient (Wildman–Crippen LogP) is 0.883. The van der Waals surface area contributed by atoms with Gasteiger partial charge in [-0.3, -0.25) is 14.5 Å². The van der Waals surface area contributed by atoms with Crippen molar-refractivity contribution in [2.75, 3.05) is 59.3 Å². The number of rotatable bonds is 5. The van der Waals surface area contributed by atoms with Gasteiger partial charge < -0.3 is 14.7 Å². The maximum absolute atomic E-state index is 13.0. The topological polar surface area (TPSA) is 47.1 Å². The van der Waals surface area contributed by atoms with Crippen LogP contribution in [-0.2, 0) is 9.59 Å². The van der Waals surface area contributed by atoms with Crippen LogP contribution in [0.2, 0.25) is 0 Å². The van der Waals surface area contributed by atoms with Gasteiger partial charge in [0.05, 0.1) is 0 Å². The number of amides is 2. The maximum Gasteiger partial charge on any atom is 0.241 e. The van der Waals surface area contributed by atoms with Gasteiger partial charge in [-0.2, -0.15) is 0 Å². The second-order valence-electron chi connectivity index (χ2n) is 6.72. The lowest BCUT2D eigenvalue weighted by Crippen LogP contribution is -2.58. The molecule has 1 saturated heterocycles. The van der Waals surface area contributed by atoms with Crippen LogP contribution in [0, 0.1) is 5.82 Å². The monoisotopic (exact) mass is 350 g/mol. The lowest BCUT2D eigenvalue weighted by molar-refractivity contribution is -0.141. The Labute approximate surface area is 148 Å². The molecule has 0 spiro atoms. The van der Waals surface area contributed by atoms with E-state index in [0.29, 0.717) is 32.6 Å². The van der Waals surface area contributed by atoms with Crippen molar-refractivity contribution < 1.29 is 14.0 Å². The third kappa shape index (κ3) is 4.92. The summed E-state index contributed by atoms with van der Waals surface area (Å²) in [6, 6.07) is 5.92. The van der Waals surface area contributed by atoms with E-state index in [-0.39, 0.29) is 23.7 Å². The summed E-state index contributed by atoms with van der Waals surface area (Å²) in [6.07, 6.45) is 0.362. The van der Waals surface area contributed by atoms with E-state index in [0.717, 1.165) is 5.69 Å². The highest BCUT2D eigenvalue weighted by Gasteiger charge is 2.32. The minimum atomic E-state index is -0.289. The third-order valence-corrected chi connectivity index (χ3v) is 4.66. The summed E-state index contributed by atoms with van der Waals surface area (Å²) in [6.45, 7) is 2.28. The third-order valence-electron chi connectivity index (χ3n) is 4.66. The Morgan fingerprint density at radius 2 is 1.80 bits per heavy atom. The van der Waals surface area contributed by atoms with Crippen molar-refractivity contribution in [3.8, 4) is 0 Å². The van der Waals surface area contributed by atoms with Crippen molar-refractivity contribution in [1.29, 1.82) is 0 Å². The number of benzene rings is 1. The van der Waals surface area contributed by atoms with Crippen LogP contribution in [0.3, 0.4) is 0 Å². The van der Waals surface area contributed by atoms with Crippen molar-refractivity contribution in [2.24, 2.45) is 0 Å². The van der Waals surface area contributed by atoms with E-state index in [4.69, 9.17) is 0 Å². The summed E-state index contributed by atoms with van der Waals surface area (Å²) in [5.74, 6) is -0.218. The Morgan fingerprint density at radius 1 is 1.16 bits per heavy atom. The van der Waals surface area contributed by atoms with Crippen LogP contribution >= 0.6 is 0 Å². The van der Waals surface area contributed by atoms with E-state index < -0.39 is 0 Å². The molecule has 1 atom stereocenters. The Balaban J connectivity index is 1.89. The lowest BCUT2D eigenvalue weighted by atomic mass is 10.1. The predicted molar refractivity (Wildman–Crippen MR) is 96.0 cm³/mol. The van der Waals surface area contributed by atoms with E-state index in [1.807, 2.05) is 23.9 Å². The molecule has 1 aromatic rings. The van der Waals surface area contributed by atoms with Crippen LogP contribution < -0.4 is 4.90 Å². The fourth-order valence-corrected chi connectivity index (χ4v) is 2.91. The molecule has 1 heterocycles. The second-order valence-corrected chi connectivity index (χ2v) is 6.72. The van der Waals surface area contributed by atoms with Gasteiger partial charge in [-0.25, -0.2) is 4.39 Å². The van der Waals surface area contributed by atoms with Gasteiger partial charge in [0.2, 0.25) is 11.8 Å². The van der Waals surface area contributed by atoms with Crippen LogP contribution in [0.5, 0.6) is 0 Å². The van der Waals surface area contributed by atoms with Gasteiger partial charge in [0.25, 0.3) is 0 Å².